The van der Waals surface area contributed by atoms with Gasteiger partial charge in [-0.1, -0.05) is 13.3 Å². The lowest BCUT2D eigenvalue weighted by Crippen LogP contribution is -2.40. The summed E-state index contributed by atoms with van der Waals surface area (Å²) in [5.41, 5.74) is 0.974. The van der Waals surface area contributed by atoms with Crippen molar-refractivity contribution < 1.29 is 14.6 Å². The van der Waals surface area contributed by atoms with Crippen LogP contribution in [-0.2, 0) is 13.0 Å². The standard InChI is InChI=1S/C19H23N3O5/c1-3-4-6-22-18(24)15(17(23)20-19(22)25)16-12-9-14-13(26-10-27-14)8-11(12)5-7-21(16)2/h8-9,16,24H,3-7,10H2,1-2H3,(H,20,23,25)/t16-/m1/s1. The number of aromatic amines is 1. The van der Waals surface area contributed by atoms with Crippen LogP contribution in [0.4, 0.5) is 0 Å². The number of aromatic nitrogens is 2. The number of hydrogen-bond donors (Lipinski definition) is 2. The first-order chi connectivity index (χ1) is 13.0. The van der Waals surface area contributed by atoms with Gasteiger partial charge in [0.25, 0.3) is 5.56 Å². The zero-order valence-corrected chi connectivity index (χ0v) is 15.4. The van der Waals surface area contributed by atoms with Crippen molar-refractivity contribution in [2.24, 2.45) is 0 Å². The Morgan fingerprint density at radius 3 is 2.74 bits per heavy atom. The van der Waals surface area contributed by atoms with Gasteiger partial charge in [-0.2, -0.15) is 0 Å². The minimum atomic E-state index is -0.584. The van der Waals surface area contributed by atoms with Crippen molar-refractivity contribution in [3.8, 4) is 17.4 Å². The lowest BCUT2D eigenvalue weighted by Gasteiger charge is -2.34. The number of aromatic hydroxyl groups is 1. The molecular weight excluding hydrogens is 350 g/mol. The topological polar surface area (TPSA) is 96.8 Å². The number of likely N-dealkylation sites (N-methyl/N-ethyl adjacent to an activating group) is 1. The molecule has 0 bridgehead atoms. The van der Waals surface area contributed by atoms with Gasteiger partial charge >= 0.3 is 5.69 Å². The molecule has 0 fully saturated rings. The van der Waals surface area contributed by atoms with Gasteiger partial charge in [0.2, 0.25) is 12.7 Å². The highest BCUT2D eigenvalue weighted by Crippen LogP contribution is 2.42. The highest BCUT2D eigenvalue weighted by Gasteiger charge is 2.34. The van der Waals surface area contributed by atoms with E-state index in [9.17, 15) is 14.7 Å². The molecule has 0 saturated carbocycles. The number of benzene rings is 1. The number of fused-ring (bicyclic) bond motifs is 2. The Kier molecular flexibility index (Phi) is 4.43. The molecule has 0 saturated heterocycles. The Bertz CT molecular complexity index is 994. The van der Waals surface area contributed by atoms with Crippen LogP contribution in [0.5, 0.6) is 17.4 Å². The highest BCUT2D eigenvalue weighted by molar-refractivity contribution is 5.53. The molecule has 4 rings (SSSR count). The SMILES string of the molecule is CCCCn1c(O)c([C@H]2c3cc4c(cc3CCN2C)OCO4)c(=O)[nH]c1=O. The van der Waals surface area contributed by atoms with E-state index in [4.69, 9.17) is 9.47 Å². The fourth-order valence-electron chi connectivity index (χ4n) is 3.86. The van der Waals surface area contributed by atoms with Crippen LogP contribution in [-0.4, -0.2) is 39.9 Å². The molecule has 0 spiro atoms. The van der Waals surface area contributed by atoms with Crippen molar-refractivity contribution in [1.82, 2.24) is 14.5 Å². The Morgan fingerprint density at radius 1 is 1.26 bits per heavy atom. The average molecular weight is 373 g/mol. The van der Waals surface area contributed by atoms with E-state index < -0.39 is 17.3 Å². The van der Waals surface area contributed by atoms with Crippen molar-refractivity contribution in [2.75, 3.05) is 20.4 Å². The maximum atomic E-state index is 12.7. The zero-order valence-electron chi connectivity index (χ0n) is 15.4. The molecule has 27 heavy (non-hydrogen) atoms. The van der Waals surface area contributed by atoms with Crippen LogP contribution in [0.1, 0.15) is 42.5 Å². The number of H-pyrrole nitrogens is 1. The second kappa shape index (κ2) is 6.77. The predicted molar refractivity (Wildman–Crippen MR) is 98.6 cm³/mol. The van der Waals surface area contributed by atoms with Gasteiger partial charge in [0, 0.05) is 13.1 Å². The van der Waals surface area contributed by atoms with E-state index in [0.29, 0.717) is 24.6 Å². The van der Waals surface area contributed by atoms with E-state index >= 15 is 0 Å². The number of hydrogen-bond acceptors (Lipinski definition) is 6. The molecule has 1 aromatic carbocycles. The van der Waals surface area contributed by atoms with E-state index in [2.05, 4.69) is 4.98 Å². The van der Waals surface area contributed by atoms with Gasteiger partial charge < -0.3 is 14.6 Å². The fraction of sp³-hybridized carbons (Fsp3) is 0.474. The molecule has 144 valence electrons. The molecule has 0 amide bonds. The second-order valence-corrected chi connectivity index (χ2v) is 7.04. The molecule has 2 aromatic rings. The summed E-state index contributed by atoms with van der Waals surface area (Å²) >= 11 is 0. The number of nitrogens with one attached hydrogen (secondary N) is 1. The summed E-state index contributed by atoms with van der Waals surface area (Å²) in [6.45, 7) is 3.24. The van der Waals surface area contributed by atoms with Crippen molar-refractivity contribution in [3.63, 3.8) is 0 Å². The lowest BCUT2D eigenvalue weighted by molar-refractivity contribution is 0.174. The van der Waals surface area contributed by atoms with Gasteiger partial charge in [0.15, 0.2) is 11.5 Å². The van der Waals surface area contributed by atoms with E-state index in [1.807, 2.05) is 31.0 Å². The van der Waals surface area contributed by atoms with Crippen LogP contribution in [0.3, 0.4) is 0 Å². The van der Waals surface area contributed by atoms with Crippen molar-refractivity contribution in [3.05, 3.63) is 49.7 Å². The average Bonchev–Trinajstić information content (AvgIpc) is 3.09. The summed E-state index contributed by atoms with van der Waals surface area (Å²) in [5, 5.41) is 10.8. The van der Waals surface area contributed by atoms with Crippen LogP contribution >= 0.6 is 0 Å². The second-order valence-electron chi connectivity index (χ2n) is 7.04. The van der Waals surface area contributed by atoms with Gasteiger partial charge in [-0.25, -0.2) is 4.79 Å². The third kappa shape index (κ3) is 2.90. The molecule has 2 aliphatic rings. The van der Waals surface area contributed by atoms with E-state index in [0.717, 1.165) is 30.4 Å². The lowest BCUT2D eigenvalue weighted by atomic mass is 9.88. The molecule has 2 N–H and O–H groups in total. The molecule has 0 aliphatic carbocycles. The number of nitrogens with zero attached hydrogens (tertiary/aromatic N) is 2. The van der Waals surface area contributed by atoms with E-state index in [1.165, 1.54) is 4.57 Å². The summed E-state index contributed by atoms with van der Waals surface area (Å²) < 4.78 is 12.2. The summed E-state index contributed by atoms with van der Waals surface area (Å²) in [7, 11) is 1.90. The smallest absolute Gasteiger partial charge is 0.331 e. The number of rotatable bonds is 4. The molecule has 8 heteroatoms. The highest BCUT2D eigenvalue weighted by atomic mass is 16.7. The molecule has 1 aromatic heterocycles. The molecule has 8 nitrogen and oxygen atoms in total. The van der Waals surface area contributed by atoms with Crippen molar-refractivity contribution in [1.29, 1.82) is 0 Å². The van der Waals surface area contributed by atoms with Gasteiger partial charge in [0.05, 0.1) is 11.6 Å². The Morgan fingerprint density at radius 2 is 2.00 bits per heavy atom. The van der Waals surface area contributed by atoms with Gasteiger partial charge in [-0.05, 0) is 43.1 Å². The molecule has 1 atom stereocenters. The summed E-state index contributed by atoms with van der Waals surface area (Å²) in [6.07, 6.45) is 2.40. The minimum Gasteiger partial charge on any atom is -0.494 e. The van der Waals surface area contributed by atoms with Crippen LogP contribution < -0.4 is 20.7 Å². The van der Waals surface area contributed by atoms with Crippen LogP contribution in [0, 0.1) is 0 Å². The molecule has 3 heterocycles. The molecule has 0 radical (unpaired) electrons. The molecular formula is C19H23N3O5. The Balaban J connectivity index is 1.89. The summed E-state index contributed by atoms with van der Waals surface area (Å²) in [6, 6.07) is 3.34. The Hall–Kier alpha value is -2.74. The third-order valence-electron chi connectivity index (χ3n) is 5.32. The van der Waals surface area contributed by atoms with Gasteiger partial charge in [-0.3, -0.25) is 19.2 Å². The maximum Gasteiger partial charge on any atom is 0.331 e. The van der Waals surface area contributed by atoms with Crippen LogP contribution in [0.25, 0.3) is 0 Å². The number of unbranched alkanes of at least 4 members (excludes halogenated alkanes) is 1. The van der Waals surface area contributed by atoms with Gasteiger partial charge in [-0.15, -0.1) is 0 Å². The Labute approximate surface area is 156 Å². The minimum absolute atomic E-state index is 0.173. The normalized spacial score (nSPS) is 18.5. The predicted octanol–water partition coefficient (Wildman–Crippen LogP) is 1.35. The van der Waals surface area contributed by atoms with E-state index in [-0.39, 0.29) is 18.2 Å². The largest absolute Gasteiger partial charge is 0.494 e. The van der Waals surface area contributed by atoms with Crippen molar-refractivity contribution in [2.45, 2.75) is 38.8 Å². The van der Waals surface area contributed by atoms with Gasteiger partial charge in [0.1, 0.15) is 0 Å². The number of ether oxygens (including phenoxy) is 2. The maximum absolute atomic E-state index is 12.7. The van der Waals surface area contributed by atoms with E-state index in [1.54, 1.807) is 0 Å². The first-order valence-electron chi connectivity index (χ1n) is 9.20. The first-order valence-corrected chi connectivity index (χ1v) is 9.20. The molecule has 0 unspecified atom stereocenters. The van der Waals surface area contributed by atoms with Crippen molar-refractivity contribution >= 4 is 0 Å². The summed E-state index contributed by atoms with van der Waals surface area (Å²) in [4.78, 5) is 29.2. The fourth-order valence-corrected chi connectivity index (χ4v) is 3.86. The van der Waals surface area contributed by atoms with Crippen LogP contribution in [0.15, 0.2) is 21.7 Å². The quantitative estimate of drug-likeness (QED) is 0.840. The third-order valence-corrected chi connectivity index (χ3v) is 5.32. The monoisotopic (exact) mass is 373 g/mol. The first kappa shape index (κ1) is 17.7. The zero-order chi connectivity index (χ0) is 19.1. The van der Waals surface area contributed by atoms with Crippen LogP contribution in [0.2, 0.25) is 0 Å². The summed E-state index contributed by atoms with van der Waals surface area (Å²) in [5.74, 6) is 1.06. The molecule has 2 aliphatic heterocycles.